The van der Waals surface area contributed by atoms with E-state index >= 15 is 0 Å². The van der Waals surface area contributed by atoms with Crippen molar-refractivity contribution in [3.63, 3.8) is 0 Å². The maximum atomic E-state index is 5.60. The van der Waals surface area contributed by atoms with E-state index < -0.39 is 0 Å². The second kappa shape index (κ2) is 7.62. The molecule has 0 N–H and O–H groups in total. The van der Waals surface area contributed by atoms with Crippen LogP contribution in [0.15, 0.2) is 39.6 Å². The predicted octanol–water partition coefficient (Wildman–Crippen LogP) is 3.70. The molecule has 2 fully saturated rings. The molecule has 25 heavy (non-hydrogen) atoms. The molecule has 1 spiro atoms. The molecule has 2 aliphatic heterocycles. The van der Waals surface area contributed by atoms with Crippen LogP contribution in [0.25, 0.3) is 0 Å². The van der Waals surface area contributed by atoms with Crippen LogP contribution < -0.4 is 0 Å². The maximum absolute atomic E-state index is 5.60. The van der Waals surface area contributed by atoms with Gasteiger partial charge in [-0.25, -0.2) is 0 Å². The lowest BCUT2D eigenvalue weighted by Crippen LogP contribution is -2.44. The Hall–Kier alpha value is -1.14. The molecular weight excluding hydrogens is 332 g/mol. The van der Waals surface area contributed by atoms with Crippen molar-refractivity contribution < 1.29 is 9.15 Å². The third kappa shape index (κ3) is 3.85. The quantitative estimate of drug-likeness (QED) is 0.785. The summed E-state index contributed by atoms with van der Waals surface area (Å²) in [5.74, 6) is 1.73. The van der Waals surface area contributed by atoms with Gasteiger partial charge in [0.05, 0.1) is 19.4 Å². The van der Waals surface area contributed by atoms with E-state index in [1.165, 1.54) is 31.5 Å². The highest BCUT2D eigenvalue weighted by Crippen LogP contribution is 2.45. The third-order valence-corrected chi connectivity index (χ3v) is 6.78. The zero-order chi connectivity index (χ0) is 17.1. The van der Waals surface area contributed by atoms with E-state index in [4.69, 9.17) is 9.15 Å². The second-order valence-electron chi connectivity index (χ2n) is 7.67. The Morgan fingerprint density at radius 1 is 1.24 bits per heavy atom. The molecule has 0 saturated carbocycles. The van der Waals surface area contributed by atoms with E-state index in [0.717, 1.165) is 38.5 Å². The molecular formula is C20H28N2O2S. The summed E-state index contributed by atoms with van der Waals surface area (Å²) in [5, 5.41) is 4.46. The number of rotatable bonds is 6. The van der Waals surface area contributed by atoms with Crippen LogP contribution in [0.4, 0.5) is 0 Å². The summed E-state index contributed by atoms with van der Waals surface area (Å²) in [6.45, 7) is 7.62. The molecule has 0 aromatic carbocycles. The van der Waals surface area contributed by atoms with E-state index in [2.05, 4.69) is 32.7 Å². The van der Waals surface area contributed by atoms with E-state index in [-0.39, 0.29) is 0 Å². The number of thiophene rings is 1. The minimum Gasteiger partial charge on any atom is -0.468 e. The lowest BCUT2D eigenvalue weighted by Gasteiger charge is -2.42. The van der Waals surface area contributed by atoms with Gasteiger partial charge in [-0.2, -0.15) is 11.3 Å². The standard InChI is InChI=1S/C20H28N2O2S/c1-23-14-18-12-22(11-17-4-10-25-15-17)16-20(18)5-7-21(8-6-20)13-19-3-2-9-24-19/h2-4,9-10,15,18H,5-8,11-14,16H2,1H3. The fourth-order valence-electron chi connectivity index (χ4n) is 4.68. The van der Waals surface area contributed by atoms with Gasteiger partial charge in [-0.1, -0.05) is 0 Å². The first kappa shape index (κ1) is 17.3. The van der Waals surface area contributed by atoms with Gasteiger partial charge in [0.2, 0.25) is 0 Å². The van der Waals surface area contributed by atoms with Crippen LogP contribution in [0.1, 0.15) is 24.2 Å². The van der Waals surface area contributed by atoms with Crippen LogP contribution in [0.3, 0.4) is 0 Å². The van der Waals surface area contributed by atoms with Crippen molar-refractivity contribution in [2.24, 2.45) is 11.3 Å². The van der Waals surface area contributed by atoms with Crippen molar-refractivity contribution in [1.82, 2.24) is 9.80 Å². The first-order valence-electron chi connectivity index (χ1n) is 9.24. The van der Waals surface area contributed by atoms with E-state index in [1.807, 2.05) is 13.2 Å². The van der Waals surface area contributed by atoms with E-state index in [1.54, 1.807) is 17.6 Å². The Morgan fingerprint density at radius 2 is 2.12 bits per heavy atom. The molecule has 2 aromatic rings. The predicted molar refractivity (Wildman–Crippen MR) is 101 cm³/mol. The molecule has 4 heterocycles. The van der Waals surface area contributed by atoms with E-state index in [0.29, 0.717) is 11.3 Å². The van der Waals surface area contributed by atoms with Crippen LogP contribution in [0.2, 0.25) is 0 Å². The molecule has 2 aliphatic rings. The number of likely N-dealkylation sites (tertiary alicyclic amines) is 2. The van der Waals surface area contributed by atoms with Crippen molar-refractivity contribution in [2.45, 2.75) is 25.9 Å². The number of hydrogen-bond donors (Lipinski definition) is 0. The molecule has 136 valence electrons. The molecule has 5 heteroatoms. The van der Waals surface area contributed by atoms with Crippen LogP contribution in [-0.4, -0.2) is 49.7 Å². The zero-order valence-corrected chi connectivity index (χ0v) is 15.8. The van der Waals surface area contributed by atoms with Gasteiger partial charge < -0.3 is 9.15 Å². The van der Waals surface area contributed by atoms with Crippen LogP contribution in [-0.2, 0) is 17.8 Å². The minimum absolute atomic E-state index is 0.422. The van der Waals surface area contributed by atoms with Gasteiger partial charge >= 0.3 is 0 Å². The molecule has 1 unspecified atom stereocenters. The largest absolute Gasteiger partial charge is 0.468 e. The highest BCUT2D eigenvalue weighted by atomic mass is 32.1. The van der Waals surface area contributed by atoms with Gasteiger partial charge in [0, 0.05) is 32.7 Å². The second-order valence-corrected chi connectivity index (χ2v) is 8.45. The number of furan rings is 1. The molecule has 4 rings (SSSR count). The summed E-state index contributed by atoms with van der Waals surface area (Å²) in [6.07, 6.45) is 4.30. The van der Waals surface area contributed by atoms with Crippen molar-refractivity contribution in [3.05, 3.63) is 46.5 Å². The Labute approximate surface area is 154 Å². The fourth-order valence-corrected chi connectivity index (χ4v) is 5.34. The summed E-state index contributed by atoms with van der Waals surface area (Å²) in [6, 6.07) is 6.32. The lowest BCUT2D eigenvalue weighted by atomic mass is 9.71. The van der Waals surface area contributed by atoms with Gasteiger partial charge in [-0.05, 0) is 65.9 Å². The number of methoxy groups -OCH3 is 1. The molecule has 2 aromatic heterocycles. The molecule has 0 aliphatic carbocycles. The van der Waals surface area contributed by atoms with Crippen molar-refractivity contribution in [1.29, 1.82) is 0 Å². The van der Waals surface area contributed by atoms with Crippen LogP contribution in [0, 0.1) is 11.3 Å². The van der Waals surface area contributed by atoms with Crippen LogP contribution in [0.5, 0.6) is 0 Å². The smallest absolute Gasteiger partial charge is 0.117 e. The number of ether oxygens (including phenoxy) is 1. The first-order valence-corrected chi connectivity index (χ1v) is 10.2. The number of nitrogens with zero attached hydrogens (tertiary/aromatic N) is 2. The first-order chi connectivity index (χ1) is 12.3. The van der Waals surface area contributed by atoms with Gasteiger partial charge in [-0.3, -0.25) is 9.80 Å². The number of hydrogen-bond acceptors (Lipinski definition) is 5. The summed E-state index contributed by atoms with van der Waals surface area (Å²) in [4.78, 5) is 5.18. The maximum Gasteiger partial charge on any atom is 0.117 e. The van der Waals surface area contributed by atoms with Crippen molar-refractivity contribution >= 4 is 11.3 Å². The topological polar surface area (TPSA) is 28.9 Å². The van der Waals surface area contributed by atoms with Crippen LogP contribution >= 0.6 is 11.3 Å². The molecule has 0 amide bonds. The Balaban J connectivity index is 1.38. The summed E-state index contributed by atoms with van der Waals surface area (Å²) in [7, 11) is 1.85. The monoisotopic (exact) mass is 360 g/mol. The van der Waals surface area contributed by atoms with Gasteiger partial charge in [0.1, 0.15) is 5.76 Å². The molecule has 0 radical (unpaired) electrons. The lowest BCUT2D eigenvalue weighted by molar-refractivity contribution is 0.0331. The van der Waals surface area contributed by atoms with E-state index in [9.17, 15) is 0 Å². The van der Waals surface area contributed by atoms with Gasteiger partial charge in [0.25, 0.3) is 0 Å². The third-order valence-electron chi connectivity index (χ3n) is 6.05. The van der Waals surface area contributed by atoms with Crippen molar-refractivity contribution in [2.75, 3.05) is 39.9 Å². The minimum atomic E-state index is 0.422. The Morgan fingerprint density at radius 3 is 2.80 bits per heavy atom. The highest BCUT2D eigenvalue weighted by molar-refractivity contribution is 7.07. The van der Waals surface area contributed by atoms with Gasteiger partial charge in [0.15, 0.2) is 0 Å². The Kier molecular flexibility index (Phi) is 5.27. The summed E-state index contributed by atoms with van der Waals surface area (Å²) in [5.41, 5.74) is 1.87. The summed E-state index contributed by atoms with van der Waals surface area (Å²) < 4.78 is 11.1. The SMILES string of the molecule is COCC1CN(Cc2ccsc2)CC12CCN(Cc1ccco1)CC2. The zero-order valence-electron chi connectivity index (χ0n) is 15.0. The van der Waals surface area contributed by atoms with Gasteiger partial charge in [-0.15, -0.1) is 0 Å². The fraction of sp³-hybridized carbons (Fsp3) is 0.600. The average Bonchev–Trinajstić information content (AvgIpc) is 3.34. The number of piperidine rings is 1. The normalized spacial score (nSPS) is 24.3. The molecule has 0 bridgehead atoms. The molecule has 1 atom stereocenters. The van der Waals surface area contributed by atoms with Crippen molar-refractivity contribution in [3.8, 4) is 0 Å². The highest BCUT2D eigenvalue weighted by Gasteiger charge is 2.47. The summed E-state index contributed by atoms with van der Waals surface area (Å²) >= 11 is 1.80. The molecule has 2 saturated heterocycles. The molecule has 4 nitrogen and oxygen atoms in total. The Bertz CT molecular complexity index is 633. The average molecular weight is 361 g/mol.